The lowest BCUT2D eigenvalue weighted by atomic mass is 9.75. The second-order valence-corrected chi connectivity index (χ2v) is 27.5. The van der Waals surface area contributed by atoms with Crippen LogP contribution in [-0.4, -0.2) is 152 Å². The number of methoxy groups -OCH3 is 7. The van der Waals surface area contributed by atoms with Gasteiger partial charge in [-0.3, -0.25) is 57.5 Å². The SMILES string of the molecule is CCC(C)C(CC(=O)OC)C(=O)C(C)C.COC(=O)CC(C(=O)C(C)C)C(C)C.COC(=O)CC(C(=O)C(C)C)C(C)OC.COC(=O)CC(C(=O)C(C)C)C1CC(C)OC(C)C1.COC(=O)CC(C(=O)C(C)C)C1CCOCC1.COC(=O)CC(C(=O)C(C)C)c1ccccc1. The van der Waals surface area contributed by atoms with E-state index in [1.807, 2.05) is 155 Å². The molecule has 10 unspecified atom stereocenters. The van der Waals surface area contributed by atoms with Crippen molar-refractivity contribution < 1.29 is 100 Å². The van der Waals surface area contributed by atoms with Crippen LogP contribution >= 0.6 is 0 Å². The number of hydrogen-bond donors (Lipinski definition) is 0. The molecule has 10 atom stereocenters. The Balaban J connectivity index is -0.00000110. The molecule has 2 fully saturated rings. The first kappa shape index (κ1) is 95.1. The van der Waals surface area contributed by atoms with Crippen LogP contribution in [0.4, 0.5) is 0 Å². The van der Waals surface area contributed by atoms with E-state index in [0.717, 1.165) is 37.7 Å². The minimum atomic E-state index is -0.414. The van der Waals surface area contributed by atoms with Crippen LogP contribution in [0.25, 0.3) is 0 Å². The van der Waals surface area contributed by atoms with Crippen LogP contribution in [0.2, 0.25) is 0 Å². The third-order valence-corrected chi connectivity index (χ3v) is 17.7. The maximum absolute atomic E-state index is 12.4. The molecule has 21 nitrogen and oxygen atoms in total. The molecule has 0 radical (unpaired) electrons. The second-order valence-electron chi connectivity index (χ2n) is 27.5. The summed E-state index contributed by atoms with van der Waals surface area (Å²) in [4.78, 5) is 140. The number of rotatable bonds is 32. The summed E-state index contributed by atoms with van der Waals surface area (Å²) in [6, 6.07) is 9.36. The van der Waals surface area contributed by atoms with Crippen molar-refractivity contribution in [1.82, 2.24) is 0 Å². The summed E-state index contributed by atoms with van der Waals surface area (Å²) in [5.74, 6) is -2.26. The Morgan fingerprint density at radius 2 is 0.722 bits per heavy atom. The van der Waals surface area contributed by atoms with Crippen LogP contribution in [0, 0.1) is 88.8 Å². The number of esters is 6. The zero-order valence-corrected chi connectivity index (χ0v) is 64.1. The minimum Gasteiger partial charge on any atom is -0.469 e. The molecule has 1 aromatic rings. The molecule has 0 amide bonds. The maximum Gasteiger partial charge on any atom is 0.306 e. The zero-order valence-electron chi connectivity index (χ0n) is 64.1. The Labute approximate surface area is 582 Å². The van der Waals surface area contributed by atoms with Crippen LogP contribution in [0.1, 0.15) is 214 Å². The quantitative estimate of drug-likeness (QED) is 0.0478. The summed E-state index contributed by atoms with van der Waals surface area (Å²) in [5.41, 5.74) is 0.872. The topological polar surface area (TPSA) is 288 Å². The third-order valence-electron chi connectivity index (χ3n) is 17.7. The molecule has 21 heteroatoms. The molecule has 2 aliphatic rings. The third kappa shape index (κ3) is 38.8. The van der Waals surface area contributed by atoms with E-state index in [2.05, 4.69) is 23.7 Å². The van der Waals surface area contributed by atoms with Gasteiger partial charge in [-0.1, -0.05) is 148 Å². The van der Waals surface area contributed by atoms with Gasteiger partial charge in [0.25, 0.3) is 0 Å². The van der Waals surface area contributed by atoms with Crippen molar-refractivity contribution in [2.24, 2.45) is 88.8 Å². The fraction of sp³-hybridized carbons (Fsp3) is 0.763. The van der Waals surface area contributed by atoms with Gasteiger partial charge in [0.15, 0.2) is 0 Å². The second kappa shape index (κ2) is 52.0. The van der Waals surface area contributed by atoms with Crippen molar-refractivity contribution in [2.75, 3.05) is 63.0 Å². The fourth-order valence-corrected chi connectivity index (χ4v) is 11.3. The van der Waals surface area contributed by atoms with E-state index in [0.29, 0.717) is 13.2 Å². The highest BCUT2D eigenvalue weighted by Gasteiger charge is 2.38. The van der Waals surface area contributed by atoms with Gasteiger partial charge < -0.3 is 42.6 Å². The van der Waals surface area contributed by atoms with Gasteiger partial charge >= 0.3 is 35.8 Å². The van der Waals surface area contributed by atoms with E-state index in [4.69, 9.17) is 18.9 Å². The van der Waals surface area contributed by atoms with Crippen molar-refractivity contribution in [3.63, 3.8) is 0 Å². The normalized spacial score (nSPS) is 17.6. The molecule has 0 saturated carbocycles. The number of ketones is 6. The van der Waals surface area contributed by atoms with Crippen LogP contribution in [0.15, 0.2) is 30.3 Å². The highest BCUT2D eigenvalue weighted by Crippen LogP contribution is 2.35. The van der Waals surface area contributed by atoms with Gasteiger partial charge in [0, 0.05) is 79.5 Å². The van der Waals surface area contributed by atoms with E-state index in [9.17, 15) is 57.5 Å². The Morgan fingerprint density at radius 3 is 1.06 bits per heavy atom. The first-order chi connectivity index (χ1) is 45.2. The fourth-order valence-electron chi connectivity index (χ4n) is 11.3. The molecule has 0 bridgehead atoms. The summed E-state index contributed by atoms with van der Waals surface area (Å²) >= 11 is 0. The average Bonchev–Trinajstić information content (AvgIpc) is 1.01. The summed E-state index contributed by atoms with van der Waals surface area (Å²) < 4.78 is 43.9. The molecular weight excluding hydrogens is 1250 g/mol. The van der Waals surface area contributed by atoms with Crippen molar-refractivity contribution in [2.45, 2.75) is 226 Å². The van der Waals surface area contributed by atoms with E-state index in [-0.39, 0.29) is 210 Å². The van der Waals surface area contributed by atoms with Crippen molar-refractivity contribution >= 4 is 70.5 Å². The molecule has 0 aromatic heterocycles. The number of carbonyl (C=O) groups excluding carboxylic acids is 12. The molecule has 2 saturated heterocycles. The number of carbonyl (C=O) groups is 12. The Morgan fingerprint density at radius 1 is 0.402 bits per heavy atom. The van der Waals surface area contributed by atoms with Gasteiger partial charge in [-0.2, -0.15) is 0 Å². The molecule has 0 spiro atoms. The Bertz CT molecular complexity index is 2430. The summed E-state index contributed by atoms with van der Waals surface area (Å²) in [6.07, 6.45) is 5.33. The number of Topliss-reactive ketones (excluding diaryl/α,β-unsaturated/α-hetero) is 6. The molecule has 2 heterocycles. The van der Waals surface area contributed by atoms with Crippen LogP contribution in [0.3, 0.4) is 0 Å². The van der Waals surface area contributed by atoms with Crippen molar-refractivity contribution in [1.29, 1.82) is 0 Å². The van der Waals surface area contributed by atoms with E-state index in [1.165, 1.54) is 49.8 Å². The molecular formula is C76H128O21. The number of hydrogen-bond acceptors (Lipinski definition) is 21. The lowest BCUT2D eigenvalue weighted by molar-refractivity contribution is -0.147. The molecule has 97 heavy (non-hydrogen) atoms. The van der Waals surface area contributed by atoms with Gasteiger partial charge in [-0.25, -0.2) is 0 Å². The van der Waals surface area contributed by atoms with Gasteiger partial charge in [-0.05, 0) is 75.7 Å². The summed E-state index contributed by atoms with van der Waals surface area (Å²) in [5, 5.41) is 0. The van der Waals surface area contributed by atoms with Gasteiger partial charge in [-0.15, -0.1) is 0 Å². The lowest BCUT2D eigenvalue weighted by Crippen LogP contribution is -2.38. The maximum atomic E-state index is 12.4. The molecule has 558 valence electrons. The van der Waals surface area contributed by atoms with Crippen LogP contribution in [-0.2, 0) is 100 Å². The first-order valence-electron chi connectivity index (χ1n) is 34.7. The minimum absolute atomic E-state index is 0.0198. The van der Waals surface area contributed by atoms with Crippen molar-refractivity contribution in [3.05, 3.63) is 35.9 Å². The standard InChI is InChI=1S/C15H26O4.C14H18O3.C13H22O4.C12H22O3.C11H20O4.C11H20O3/c1-9(2)15(17)13(8-14(16)18-5)12-6-10(3)19-11(4)7-12;1-10(2)14(16)12(9-13(15)17-3)11-7-5-4-6-8-11;1-9(2)13(15)11(8-12(14)16-3)10-4-6-17-7-5-10;1-6-9(4)10(7-11(13)15-5)12(14)8(2)3;1-7(2)11(13)9(8(3)14-4)6-10(12)15-5;1-7(2)9(6-10(12)14-5)11(13)8(3)4/h9-13H,6-8H2,1-5H3;4-8,10,12H,9H2,1-3H3;9-11H,4-8H2,1-3H3;8-10H,6-7H2,1-5H3;7-9H,6H2,1-5H3;7-9H,6H2,1-5H3. The Hall–Kier alpha value is -6.06. The molecule has 1 aromatic carbocycles. The van der Waals surface area contributed by atoms with Gasteiger partial charge in [0.05, 0.1) is 111 Å². The molecule has 2 aliphatic heterocycles. The van der Waals surface area contributed by atoms with E-state index >= 15 is 0 Å². The number of ether oxygens (including phenoxy) is 9. The molecule has 3 rings (SSSR count). The lowest BCUT2D eigenvalue weighted by Gasteiger charge is -2.36. The molecule has 0 aliphatic carbocycles. The summed E-state index contributed by atoms with van der Waals surface area (Å²) in [6.45, 7) is 37.5. The predicted octanol–water partition coefficient (Wildman–Crippen LogP) is 12.9. The molecule has 0 N–H and O–H groups in total. The van der Waals surface area contributed by atoms with Crippen LogP contribution < -0.4 is 0 Å². The van der Waals surface area contributed by atoms with E-state index in [1.54, 1.807) is 6.92 Å². The smallest absolute Gasteiger partial charge is 0.306 e. The van der Waals surface area contributed by atoms with Gasteiger partial charge in [0.1, 0.15) is 34.7 Å². The predicted molar refractivity (Wildman–Crippen MR) is 373 cm³/mol. The van der Waals surface area contributed by atoms with Crippen molar-refractivity contribution in [3.8, 4) is 0 Å². The average molecular weight is 1380 g/mol. The highest BCUT2D eigenvalue weighted by molar-refractivity contribution is 5.92. The Kier molecular flexibility index (Phi) is 51.0. The first-order valence-corrected chi connectivity index (χ1v) is 34.7. The highest BCUT2D eigenvalue weighted by atomic mass is 16.5. The zero-order chi connectivity index (χ0) is 75.6. The van der Waals surface area contributed by atoms with Gasteiger partial charge in [0.2, 0.25) is 0 Å². The van der Waals surface area contributed by atoms with E-state index < -0.39 is 11.8 Å². The monoisotopic (exact) mass is 1380 g/mol. The number of benzene rings is 1. The summed E-state index contributed by atoms with van der Waals surface area (Å²) in [7, 11) is 9.62. The largest absolute Gasteiger partial charge is 0.469 e. The van der Waals surface area contributed by atoms with Crippen LogP contribution in [0.5, 0.6) is 0 Å².